The molecule has 1 heterocycles. The molecule has 0 spiro atoms. The Hall–Kier alpha value is -1.29. The second-order valence-electron chi connectivity index (χ2n) is 3.93. The zero-order valence-corrected chi connectivity index (χ0v) is 8.62. The number of aliphatic hydroxyl groups is 1. The second-order valence-corrected chi connectivity index (χ2v) is 3.93. The molecule has 0 aromatic carbocycles. The minimum atomic E-state index is -0.171. The van der Waals surface area contributed by atoms with Crippen molar-refractivity contribution in [2.75, 3.05) is 17.7 Å². The summed E-state index contributed by atoms with van der Waals surface area (Å²) in [5, 5.41) is 12.1. The molecule has 4 N–H and O–H groups in total. The number of pyridine rings is 1. The SMILES string of the molecule is CC(C)(CCO)Nc1cccc(N)n1. The van der Waals surface area contributed by atoms with E-state index in [-0.39, 0.29) is 12.1 Å². The molecule has 0 amide bonds. The number of hydrogen-bond acceptors (Lipinski definition) is 4. The Morgan fingerprint density at radius 1 is 1.50 bits per heavy atom. The van der Waals surface area contributed by atoms with Crippen LogP contribution in [0.5, 0.6) is 0 Å². The van der Waals surface area contributed by atoms with Gasteiger partial charge in [-0.25, -0.2) is 4.98 Å². The summed E-state index contributed by atoms with van der Waals surface area (Å²) < 4.78 is 0. The van der Waals surface area contributed by atoms with Gasteiger partial charge in [0.1, 0.15) is 11.6 Å². The third-order valence-corrected chi connectivity index (χ3v) is 1.97. The highest BCUT2D eigenvalue weighted by Gasteiger charge is 2.16. The van der Waals surface area contributed by atoms with Gasteiger partial charge < -0.3 is 16.2 Å². The Kier molecular flexibility index (Phi) is 3.30. The quantitative estimate of drug-likeness (QED) is 0.676. The molecule has 0 saturated heterocycles. The van der Waals surface area contributed by atoms with E-state index in [1.54, 1.807) is 6.07 Å². The molecule has 4 nitrogen and oxygen atoms in total. The van der Waals surface area contributed by atoms with Crippen molar-refractivity contribution in [3.8, 4) is 0 Å². The summed E-state index contributed by atoms with van der Waals surface area (Å²) >= 11 is 0. The van der Waals surface area contributed by atoms with E-state index in [4.69, 9.17) is 10.8 Å². The molecule has 0 atom stereocenters. The lowest BCUT2D eigenvalue weighted by Gasteiger charge is -2.25. The van der Waals surface area contributed by atoms with E-state index >= 15 is 0 Å². The van der Waals surface area contributed by atoms with Crippen molar-refractivity contribution in [3.05, 3.63) is 18.2 Å². The third-order valence-electron chi connectivity index (χ3n) is 1.97. The third kappa shape index (κ3) is 3.22. The predicted molar refractivity (Wildman–Crippen MR) is 58.1 cm³/mol. The van der Waals surface area contributed by atoms with Gasteiger partial charge in [-0.15, -0.1) is 0 Å². The number of rotatable bonds is 4. The predicted octanol–water partition coefficient (Wildman–Crippen LogP) is 1.24. The molecular formula is C10H17N3O. The molecule has 14 heavy (non-hydrogen) atoms. The number of aromatic nitrogens is 1. The Balaban J connectivity index is 2.68. The summed E-state index contributed by atoms with van der Waals surface area (Å²) in [6.07, 6.45) is 0.670. The van der Waals surface area contributed by atoms with E-state index in [1.165, 1.54) is 0 Å². The standard InChI is InChI=1S/C10H17N3O/c1-10(2,6-7-14)13-9-5-3-4-8(11)12-9/h3-5,14H,6-7H2,1-2H3,(H3,11,12,13). The minimum absolute atomic E-state index is 0.155. The summed E-state index contributed by atoms with van der Waals surface area (Å²) in [6.45, 7) is 4.17. The van der Waals surface area contributed by atoms with Crippen LogP contribution in [-0.2, 0) is 0 Å². The van der Waals surface area contributed by atoms with Crippen LogP contribution in [0, 0.1) is 0 Å². The van der Waals surface area contributed by atoms with Crippen molar-refractivity contribution in [1.29, 1.82) is 0 Å². The lowest BCUT2D eigenvalue weighted by atomic mass is 10.0. The van der Waals surface area contributed by atoms with Gasteiger partial charge in [0, 0.05) is 12.1 Å². The number of nitrogens with two attached hydrogens (primary N) is 1. The summed E-state index contributed by atoms with van der Waals surface area (Å²) in [6, 6.07) is 5.44. The van der Waals surface area contributed by atoms with Gasteiger partial charge in [-0.05, 0) is 32.4 Å². The van der Waals surface area contributed by atoms with Gasteiger partial charge in [0.25, 0.3) is 0 Å². The monoisotopic (exact) mass is 195 g/mol. The fraction of sp³-hybridized carbons (Fsp3) is 0.500. The van der Waals surface area contributed by atoms with Crippen LogP contribution in [0.1, 0.15) is 20.3 Å². The van der Waals surface area contributed by atoms with Crippen LogP contribution in [0.2, 0.25) is 0 Å². The summed E-state index contributed by atoms with van der Waals surface area (Å²) in [5.74, 6) is 1.23. The molecule has 0 aliphatic carbocycles. The van der Waals surface area contributed by atoms with Crippen LogP contribution in [0.3, 0.4) is 0 Å². The average molecular weight is 195 g/mol. The van der Waals surface area contributed by atoms with Gasteiger partial charge in [-0.1, -0.05) is 6.07 Å². The van der Waals surface area contributed by atoms with Crippen LogP contribution in [0.15, 0.2) is 18.2 Å². The zero-order chi connectivity index (χ0) is 10.6. The van der Waals surface area contributed by atoms with Crippen molar-refractivity contribution in [3.63, 3.8) is 0 Å². The highest BCUT2D eigenvalue weighted by atomic mass is 16.3. The highest BCUT2D eigenvalue weighted by Crippen LogP contribution is 2.16. The molecule has 1 rings (SSSR count). The van der Waals surface area contributed by atoms with Crippen molar-refractivity contribution < 1.29 is 5.11 Å². The van der Waals surface area contributed by atoms with Gasteiger partial charge in [0.05, 0.1) is 0 Å². The maximum atomic E-state index is 8.85. The van der Waals surface area contributed by atoms with Crippen LogP contribution in [-0.4, -0.2) is 22.2 Å². The first-order valence-electron chi connectivity index (χ1n) is 4.65. The van der Waals surface area contributed by atoms with Crippen LogP contribution >= 0.6 is 0 Å². The molecule has 0 saturated carbocycles. The molecular weight excluding hydrogens is 178 g/mol. The number of aliphatic hydroxyl groups excluding tert-OH is 1. The van der Waals surface area contributed by atoms with E-state index < -0.39 is 0 Å². The number of anilines is 2. The first kappa shape index (κ1) is 10.8. The highest BCUT2D eigenvalue weighted by molar-refractivity contribution is 5.43. The molecule has 0 unspecified atom stereocenters. The fourth-order valence-electron chi connectivity index (χ4n) is 1.21. The number of nitrogen functional groups attached to an aromatic ring is 1. The van der Waals surface area contributed by atoms with E-state index in [0.29, 0.717) is 12.2 Å². The lowest BCUT2D eigenvalue weighted by Crippen LogP contribution is -2.32. The smallest absolute Gasteiger partial charge is 0.128 e. The van der Waals surface area contributed by atoms with Crippen molar-refractivity contribution >= 4 is 11.6 Å². The minimum Gasteiger partial charge on any atom is -0.396 e. The molecule has 1 aromatic rings. The number of hydrogen-bond donors (Lipinski definition) is 3. The molecule has 1 aromatic heterocycles. The van der Waals surface area contributed by atoms with Crippen LogP contribution in [0.4, 0.5) is 11.6 Å². The first-order chi connectivity index (χ1) is 6.53. The second kappa shape index (κ2) is 4.28. The van der Waals surface area contributed by atoms with E-state index in [0.717, 1.165) is 5.82 Å². The van der Waals surface area contributed by atoms with Gasteiger partial charge in [0.2, 0.25) is 0 Å². The zero-order valence-electron chi connectivity index (χ0n) is 8.62. The van der Waals surface area contributed by atoms with Gasteiger partial charge in [-0.3, -0.25) is 0 Å². The normalized spacial score (nSPS) is 11.4. The Morgan fingerprint density at radius 2 is 2.21 bits per heavy atom. The lowest BCUT2D eigenvalue weighted by molar-refractivity contribution is 0.260. The summed E-state index contributed by atoms with van der Waals surface area (Å²) in [7, 11) is 0. The Bertz CT molecular complexity index is 299. The first-order valence-corrected chi connectivity index (χ1v) is 4.65. The maximum Gasteiger partial charge on any atom is 0.128 e. The molecule has 0 aliphatic heterocycles. The molecule has 0 bridgehead atoms. The van der Waals surface area contributed by atoms with Crippen LogP contribution < -0.4 is 11.1 Å². The van der Waals surface area contributed by atoms with Crippen molar-refractivity contribution in [2.24, 2.45) is 0 Å². The van der Waals surface area contributed by atoms with Crippen LogP contribution in [0.25, 0.3) is 0 Å². The molecule has 0 fully saturated rings. The van der Waals surface area contributed by atoms with E-state index in [1.807, 2.05) is 26.0 Å². The molecule has 0 radical (unpaired) electrons. The summed E-state index contributed by atoms with van der Waals surface area (Å²) in [5.41, 5.74) is 5.38. The van der Waals surface area contributed by atoms with Crippen molar-refractivity contribution in [2.45, 2.75) is 25.8 Å². The Morgan fingerprint density at radius 3 is 2.79 bits per heavy atom. The molecule has 4 heteroatoms. The summed E-state index contributed by atoms with van der Waals surface area (Å²) in [4.78, 5) is 4.13. The number of nitrogens with zero attached hydrogens (tertiary/aromatic N) is 1. The Labute approximate surface area is 84.2 Å². The van der Waals surface area contributed by atoms with Gasteiger partial charge in [0.15, 0.2) is 0 Å². The average Bonchev–Trinajstić information content (AvgIpc) is 2.02. The number of nitrogens with one attached hydrogen (secondary N) is 1. The van der Waals surface area contributed by atoms with Gasteiger partial charge in [-0.2, -0.15) is 0 Å². The molecule has 78 valence electrons. The van der Waals surface area contributed by atoms with Gasteiger partial charge >= 0.3 is 0 Å². The molecule has 0 aliphatic rings. The van der Waals surface area contributed by atoms with E-state index in [9.17, 15) is 0 Å². The maximum absolute atomic E-state index is 8.85. The fourth-order valence-corrected chi connectivity index (χ4v) is 1.21. The van der Waals surface area contributed by atoms with Crippen molar-refractivity contribution in [1.82, 2.24) is 4.98 Å². The topological polar surface area (TPSA) is 71.2 Å². The van der Waals surface area contributed by atoms with E-state index in [2.05, 4.69) is 10.3 Å². The largest absolute Gasteiger partial charge is 0.396 e.